The Morgan fingerprint density at radius 2 is 0.952 bits per heavy atom. The van der Waals surface area contributed by atoms with Gasteiger partial charge in [-0.05, 0) is 41.5 Å². The van der Waals surface area contributed by atoms with Crippen LogP contribution in [0.5, 0.6) is 0 Å². The van der Waals surface area contributed by atoms with Crippen LogP contribution in [0.3, 0.4) is 0 Å². The van der Waals surface area contributed by atoms with E-state index < -0.39 is 0 Å². The van der Waals surface area contributed by atoms with Gasteiger partial charge in [0.2, 0.25) is 0 Å². The summed E-state index contributed by atoms with van der Waals surface area (Å²) in [6.45, 7) is 13.4. The summed E-state index contributed by atoms with van der Waals surface area (Å²) in [6.07, 6.45) is 0.972. The van der Waals surface area contributed by atoms with Gasteiger partial charge in [0.05, 0.1) is 13.1 Å². The zero-order chi connectivity index (χ0) is 15.8. The highest BCUT2D eigenvalue weighted by atomic mass is 15.2. The Morgan fingerprint density at radius 1 is 0.571 bits per heavy atom. The fourth-order valence-electron chi connectivity index (χ4n) is 1.76. The minimum absolute atomic E-state index is 0.811. The number of aliphatic imine (C=N–C) groups is 4. The molecule has 3 rings (SSSR count). The summed E-state index contributed by atoms with van der Waals surface area (Å²) >= 11 is 0. The lowest BCUT2D eigenvalue weighted by molar-refractivity contribution is 1.26. The second kappa shape index (κ2) is 8.34. The Hall–Kier alpha value is -1.98. The predicted molar refractivity (Wildman–Crippen MR) is 93.0 cm³/mol. The molecule has 0 fully saturated rings. The van der Waals surface area contributed by atoms with Crippen molar-refractivity contribution in [1.29, 1.82) is 0 Å². The second-order valence-electron chi connectivity index (χ2n) is 5.27. The molecule has 3 aliphatic rings. The largest absolute Gasteiger partial charge is 0.265 e. The normalized spacial score (nSPS) is 19.1. The maximum absolute atomic E-state index is 4.06. The van der Waals surface area contributed by atoms with Gasteiger partial charge in [-0.3, -0.25) is 9.98 Å². The third kappa shape index (κ3) is 7.39. The molecular weight excluding hydrogens is 264 g/mol. The van der Waals surface area contributed by atoms with Gasteiger partial charge < -0.3 is 0 Å². The van der Waals surface area contributed by atoms with Gasteiger partial charge in [0, 0.05) is 29.3 Å². The van der Waals surface area contributed by atoms with E-state index in [1.54, 1.807) is 0 Å². The smallest absolute Gasteiger partial charge is 0.120 e. The highest BCUT2D eigenvalue weighted by molar-refractivity contribution is 6.05. The van der Waals surface area contributed by atoms with Gasteiger partial charge in [-0.25, -0.2) is 9.98 Å². The first-order valence-corrected chi connectivity index (χ1v) is 7.04. The number of amidine groups is 2. The van der Waals surface area contributed by atoms with Crippen LogP contribution < -0.4 is 0 Å². The van der Waals surface area contributed by atoms with E-state index in [0.717, 1.165) is 54.0 Å². The average Bonchev–Trinajstić information content (AvgIpc) is 3.06. The van der Waals surface area contributed by atoms with Crippen molar-refractivity contribution in [3.63, 3.8) is 0 Å². The first-order valence-electron chi connectivity index (χ1n) is 7.04. The molecule has 21 heavy (non-hydrogen) atoms. The van der Waals surface area contributed by atoms with Crippen LogP contribution in [0, 0.1) is 0 Å². The van der Waals surface area contributed by atoms with Crippen LogP contribution in [-0.4, -0.2) is 47.6 Å². The molecule has 0 radical (unpaired) electrons. The van der Waals surface area contributed by atoms with E-state index in [-0.39, 0.29) is 0 Å². The van der Waals surface area contributed by atoms with Crippen molar-refractivity contribution in [2.75, 3.05) is 13.1 Å². The molecule has 6 heteroatoms. The highest BCUT2D eigenvalue weighted by Crippen LogP contribution is 1.99. The van der Waals surface area contributed by atoms with Crippen LogP contribution in [0.2, 0.25) is 0 Å². The fraction of sp³-hybridized carbons (Fsp3) is 0.600. The Balaban J connectivity index is 0.000000157. The van der Waals surface area contributed by atoms with Crippen molar-refractivity contribution >= 4 is 34.5 Å². The summed E-state index contributed by atoms with van der Waals surface area (Å²) in [5, 5.41) is 7.64. The highest BCUT2D eigenvalue weighted by Gasteiger charge is 2.00. The maximum atomic E-state index is 4.06. The van der Waals surface area contributed by atoms with Crippen LogP contribution >= 0.6 is 0 Å². The Bertz CT molecular complexity index is 511. The molecule has 0 aromatic rings. The lowest BCUT2D eigenvalue weighted by Crippen LogP contribution is -1.90. The van der Waals surface area contributed by atoms with Gasteiger partial charge in [-0.2, -0.15) is 10.2 Å². The van der Waals surface area contributed by atoms with Crippen molar-refractivity contribution in [2.45, 2.75) is 48.0 Å². The van der Waals surface area contributed by atoms with Crippen LogP contribution in [0.1, 0.15) is 48.0 Å². The monoisotopic (exact) mass is 288 g/mol. The minimum atomic E-state index is 0.811. The molecule has 0 unspecified atom stereocenters. The zero-order valence-corrected chi connectivity index (χ0v) is 13.8. The summed E-state index contributed by atoms with van der Waals surface area (Å²) in [5.74, 6) is 1.83. The average molecular weight is 288 g/mol. The number of nitrogens with zero attached hydrogens (tertiary/aromatic N) is 6. The Labute approximate surface area is 126 Å². The summed E-state index contributed by atoms with van der Waals surface area (Å²) < 4.78 is 0. The minimum Gasteiger partial charge on any atom is -0.265 e. The van der Waals surface area contributed by atoms with E-state index in [2.05, 4.69) is 30.2 Å². The molecule has 0 atom stereocenters. The topological polar surface area (TPSA) is 74.2 Å². The quantitative estimate of drug-likeness (QED) is 0.657. The molecule has 0 bridgehead atoms. The standard InChI is InChI=1S/3C5H8N2/c2*1-4-3-6-5(2)7-4;1-4-3-5(2)7-6-4/h3*3H2,1-2H3. The maximum Gasteiger partial charge on any atom is 0.120 e. The van der Waals surface area contributed by atoms with Gasteiger partial charge in [-0.1, -0.05) is 0 Å². The number of hydrogen-bond donors (Lipinski definition) is 0. The van der Waals surface area contributed by atoms with E-state index >= 15 is 0 Å². The third-order valence-electron chi connectivity index (χ3n) is 2.68. The van der Waals surface area contributed by atoms with E-state index in [9.17, 15) is 0 Å². The summed E-state index contributed by atoms with van der Waals surface area (Å²) in [4.78, 5) is 16.2. The molecule has 3 heterocycles. The molecular formula is C15H24N6. The summed E-state index contributed by atoms with van der Waals surface area (Å²) in [5.41, 5.74) is 4.49. The molecule has 6 nitrogen and oxygen atoms in total. The van der Waals surface area contributed by atoms with Crippen LogP contribution in [0.25, 0.3) is 0 Å². The van der Waals surface area contributed by atoms with Crippen molar-refractivity contribution in [3.05, 3.63) is 0 Å². The lowest BCUT2D eigenvalue weighted by atomic mass is 10.2. The Morgan fingerprint density at radius 3 is 1.05 bits per heavy atom. The van der Waals surface area contributed by atoms with Gasteiger partial charge in [0.25, 0.3) is 0 Å². The number of hydrogen-bond acceptors (Lipinski definition) is 6. The first-order chi connectivity index (χ1) is 9.86. The SMILES string of the molecule is CC1=NC(C)=NC1.CC1=NC(C)=NC1.CC1=NN=C(C)C1. The predicted octanol–water partition coefficient (Wildman–Crippen LogP) is 2.99. The van der Waals surface area contributed by atoms with E-state index in [1.807, 2.05) is 41.5 Å². The zero-order valence-electron chi connectivity index (χ0n) is 13.8. The van der Waals surface area contributed by atoms with Gasteiger partial charge in [0.1, 0.15) is 11.7 Å². The second-order valence-corrected chi connectivity index (χ2v) is 5.27. The molecule has 0 N–H and O–H groups in total. The molecule has 0 aromatic heterocycles. The third-order valence-corrected chi connectivity index (χ3v) is 2.68. The van der Waals surface area contributed by atoms with E-state index in [1.165, 1.54) is 0 Å². The van der Waals surface area contributed by atoms with E-state index in [0.29, 0.717) is 0 Å². The molecule has 114 valence electrons. The molecule has 0 spiro atoms. The summed E-state index contributed by atoms with van der Waals surface area (Å²) in [6, 6.07) is 0. The van der Waals surface area contributed by atoms with Crippen molar-refractivity contribution < 1.29 is 0 Å². The lowest BCUT2D eigenvalue weighted by Gasteiger charge is -1.80. The molecule has 3 aliphatic heterocycles. The molecule has 0 saturated carbocycles. The molecule has 0 saturated heterocycles. The van der Waals surface area contributed by atoms with Crippen molar-refractivity contribution in [1.82, 2.24) is 0 Å². The fourth-order valence-corrected chi connectivity index (χ4v) is 1.76. The van der Waals surface area contributed by atoms with Crippen LogP contribution in [0.15, 0.2) is 30.2 Å². The van der Waals surface area contributed by atoms with Crippen molar-refractivity contribution in [3.8, 4) is 0 Å². The van der Waals surface area contributed by atoms with Crippen LogP contribution in [-0.2, 0) is 0 Å². The Kier molecular flexibility index (Phi) is 6.78. The first kappa shape index (κ1) is 17.1. The number of rotatable bonds is 0. The van der Waals surface area contributed by atoms with Gasteiger partial charge >= 0.3 is 0 Å². The van der Waals surface area contributed by atoms with Gasteiger partial charge in [-0.15, -0.1) is 0 Å². The summed E-state index contributed by atoms with van der Waals surface area (Å²) in [7, 11) is 0. The molecule has 0 amide bonds. The van der Waals surface area contributed by atoms with Gasteiger partial charge in [0.15, 0.2) is 0 Å². The van der Waals surface area contributed by atoms with Crippen LogP contribution in [0.4, 0.5) is 0 Å². The van der Waals surface area contributed by atoms with Crippen molar-refractivity contribution in [2.24, 2.45) is 30.2 Å². The molecule has 0 aromatic carbocycles. The van der Waals surface area contributed by atoms with E-state index in [4.69, 9.17) is 0 Å². The molecule has 0 aliphatic carbocycles.